The lowest BCUT2D eigenvalue weighted by molar-refractivity contribution is -0.152. The second-order valence-electron chi connectivity index (χ2n) is 8.72. The van der Waals surface area contributed by atoms with Crippen molar-refractivity contribution in [2.75, 3.05) is 26.9 Å². The Morgan fingerprint density at radius 1 is 1.15 bits per heavy atom. The number of methoxy groups -OCH3 is 1. The van der Waals surface area contributed by atoms with Gasteiger partial charge in [-0.3, -0.25) is 4.98 Å². The van der Waals surface area contributed by atoms with Gasteiger partial charge in [0.25, 0.3) is 0 Å². The van der Waals surface area contributed by atoms with Gasteiger partial charge in [0.2, 0.25) is 0 Å². The van der Waals surface area contributed by atoms with Crippen LogP contribution in [0.3, 0.4) is 0 Å². The van der Waals surface area contributed by atoms with Crippen LogP contribution < -0.4 is 14.8 Å². The molecule has 1 aliphatic carbocycles. The molecule has 5 rings (SSSR count). The number of fused-ring (bicyclic) bond motifs is 3. The molecule has 3 N–H and O–H groups in total. The number of aliphatic hydroxyl groups is 2. The summed E-state index contributed by atoms with van der Waals surface area (Å²) in [7, 11) is 1.50. The van der Waals surface area contributed by atoms with Crippen LogP contribution >= 0.6 is 15.9 Å². The van der Waals surface area contributed by atoms with Crippen molar-refractivity contribution >= 4 is 15.9 Å². The molecule has 2 aliphatic rings. The van der Waals surface area contributed by atoms with Crippen LogP contribution in [0.15, 0.2) is 71.5 Å². The second-order valence-corrected chi connectivity index (χ2v) is 9.63. The van der Waals surface area contributed by atoms with E-state index < -0.39 is 35.8 Å². The van der Waals surface area contributed by atoms with Crippen molar-refractivity contribution in [2.45, 2.75) is 23.2 Å². The third-order valence-corrected chi connectivity index (χ3v) is 7.63. The number of pyridine rings is 1. The highest BCUT2D eigenvalue weighted by Gasteiger charge is 2.76. The number of ether oxygens (including phenoxy) is 2. The summed E-state index contributed by atoms with van der Waals surface area (Å²) in [6.07, 6.45) is 1.81. The summed E-state index contributed by atoms with van der Waals surface area (Å²) in [6, 6.07) is 17.2. The highest BCUT2D eigenvalue weighted by Crippen LogP contribution is 2.69. The Kier molecular flexibility index (Phi) is 6.10. The number of halogens is 2. The number of nitrogens with one attached hydrogen (secondary N) is 1. The first-order valence-corrected chi connectivity index (χ1v) is 12.0. The van der Waals surface area contributed by atoms with Crippen molar-refractivity contribution < 1.29 is 24.1 Å². The molecule has 5 atom stereocenters. The van der Waals surface area contributed by atoms with Gasteiger partial charge in [0.1, 0.15) is 18.2 Å². The van der Waals surface area contributed by atoms with Gasteiger partial charge >= 0.3 is 0 Å². The smallest absolute Gasteiger partial charge is 0.177 e. The van der Waals surface area contributed by atoms with Gasteiger partial charge in [-0.05, 0) is 23.3 Å². The van der Waals surface area contributed by atoms with Gasteiger partial charge in [0.05, 0.1) is 31.2 Å². The van der Waals surface area contributed by atoms with Crippen molar-refractivity contribution in [1.82, 2.24) is 10.3 Å². The first-order valence-electron chi connectivity index (χ1n) is 11.2. The molecule has 3 aromatic rings. The summed E-state index contributed by atoms with van der Waals surface area (Å²) >= 11 is 3.49. The lowest BCUT2D eigenvalue weighted by Crippen LogP contribution is -2.52. The van der Waals surface area contributed by atoms with Crippen LogP contribution in [0.1, 0.15) is 22.6 Å². The monoisotopic (exact) mass is 528 g/mol. The molecule has 6 nitrogen and oxygen atoms in total. The largest absolute Gasteiger partial charge is 0.495 e. The van der Waals surface area contributed by atoms with Gasteiger partial charge < -0.3 is 25.0 Å². The molecular formula is C26H26BrFN2O4. The molecule has 0 amide bonds. The summed E-state index contributed by atoms with van der Waals surface area (Å²) < 4.78 is 26.1. The Morgan fingerprint density at radius 3 is 2.56 bits per heavy atom. The van der Waals surface area contributed by atoms with Gasteiger partial charge in [-0.1, -0.05) is 58.4 Å². The van der Waals surface area contributed by atoms with E-state index in [1.165, 1.54) is 13.3 Å². The van der Waals surface area contributed by atoms with Gasteiger partial charge in [0.15, 0.2) is 11.2 Å². The molecule has 178 valence electrons. The average molecular weight is 529 g/mol. The fraction of sp³-hybridized carbons (Fsp3) is 0.346. The summed E-state index contributed by atoms with van der Waals surface area (Å²) in [6.45, 7) is -0.0871. The third kappa shape index (κ3) is 3.20. The number of rotatable bonds is 7. The molecule has 0 bridgehead atoms. The average Bonchev–Trinajstić information content (AvgIpc) is 3.23. The zero-order chi connectivity index (χ0) is 23.9. The van der Waals surface area contributed by atoms with Gasteiger partial charge in [-0.15, -0.1) is 0 Å². The van der Waals surface area contributed by atoms with Crippen LogP contribution in [0.4, 0.5) is 4.39 Å². The number of alkyl halides is 1. The minimum absolute atomic E-state index is 0.152. The highest BCUT2D eigenvalue weighted by molar-refractivity contribution is 9.10. The number of hydrogen-bond donors (Lipinski definition) is 3. The minimum atomic E-state index is -1.85. The number of nitrogens with zero attached hydrogens (tertiary/aromatic N) is 1. The van der Waals surface area contributed by atoms with Gasteiger partial charge in [-0.2, -0.15) is 0 Å². The molecule has 34 heavy (non-hydrogen) atoms. The molecule has 1 fully saturated rings. The zero-order valence-electron chi connectivity index (χ0n) is 18.6. The normalized spacial score (nSPS) is 29.4. The topological polar surface area (TPSA) is 83.8 Å². The third-order valence-electron chi connectivity index (χ3n) is 7.10. The molecule has 5 unspecified atom stereocenters. The van der Waals surface area contributed by atoms with E-state index >= 15 is 0 Å². The Hall–Kier alpha value is -2.52. The van der Waals surface area contributed by atoms with Crippen molar-refractivity contribution in [1.29, 1.82) is 0 Å². The Bertz CT molecular complexity index is 1170. The van der Waals surface area contributed by atoms with E-state index in [-0.39, 0.29) is 13.1 Å². The van der Waals surface area contributed by atoms with E-state index in [0.29, 0.717) is 22.6 Å². The molecule has 1 aromatic heterocycles. The first-order chi connectivity index (χ1) is 16.5. The summed E-state index contributed by atoms with van der Waals surface area (Å²) in [5, 5.41) is 27.5. The summed E-state index contributed by atoms with van der Waals surface area (Å²) in [5.74, 6) is -0.269. The molecule has 0 spiro atoms. The summed E-state index contributed by atoms with van der Waals surface area (Å²) in [4.78, 5) is 4.22. The number of hydrogen-bond acceptors (Lipinski definition) is 6. The maximum atomic E-state index is 12.9. The molecule has 2 aromatic carbocycles. The standard InChI is InChI=1S/C26H26BrFN2O4/c1-33-20-14-30-15-21-23(20)25(32)24(31)19(13-29-12-11-28)22(16-5-3-2-4-6-16)26(25,34-21)17-7-9-18(27)10-8-17/h2-10,14-15,19,22,24,29,31-32H,11-13H2,1H3. The van der Waals surface area contributed by atoms with Crippen molar-refractivity contribution in [3.8, 4) is 11.5 Å². The van der Waals surface area contributed by atoms with Crippen LogP contribution in [0.25, 0.3) is 0 Å². The van der Waals surface area contributed by atoms with E-state index in [2.05, 4.69) is 26.2 Å². The van der Waals surface area contributed by atoms with Crippen molar-refractivity contribution in [3.05, 3.63) is 88.2 Å². The lowest BCUT2D eigenvalue weighted by Gasteiger charge is -2.41. The highest BCUT2D eigenvalue weighted by atomic mass is 79.9. The van der Waals surface area contributed by atoms with Gasteiger partial charge in [-0.25, -0.2) is 4.39 Å². The van der Waals surface area contributed by atoms with E-state index in [1.807, 2.05) is 54.6 Å². The fourth-order valence-electron chi connectivity index (χ4n) is 5.79. The quantitative estimate of drug-likeness (QED) is 0.406. The van der Waals surface area contributed by atoms with E-state index in [4.69, 9.17) is 9.47 Å². The minimum Gasteiger partial charge on any atom is -0.495 e. The number of benzene rings is 2. The lowest BCUT2D eigenvalue weighted by atomic mass is 9.70. The Morgan fingerprint density at radius 2 is 1.88 bits per heavy atom. The van der Waals surface area contributed by atoms with Gasteiger partial charge in [0, 0.05) is 29.4 Å². The second kappa shape index (κ2) is 8.92. The van der Waals surface area contributed by atoms with Crippen LogP contribution in [0.2, 0.25) is 0 Å². The Labute approximate surface area is 205 Å². The van der Waals surface area contributed by atoms with E-state index in [1.54, 1.807) is 6.20 Å². The molecule has 0 radical (unpaired) electrons. The number of aliphatic hydroxyl groups excluding tert-OH is 1. The maximum Gasteiger partial charge on any atom is 0.177 e. The zero-order valence-corrected chi connectivity index (χ0v) is 20.2. The maximum absolute atomic E-state index is 12.9. The first kappa shape index (κ1) is 23.2. The Balaban J connectivity index is 1.80. The predicted octanol–water partition coefficient (Wildman–Crippen LogP) is 3.66. The van der Waals surface area contributed by atoms with E-state index in [9.17, 15) is 14.6 Å². The number of aromatic nitrogens is 1. The predicted molar refractivity (Wildman–Crippen MR) is 129 cm³/mol. The van der Waals surface area contributed by atoms with Crippen LogP contribution in [-0.4, -0.2) is 48.2 Å². The van der Waals surface area contributed by atoms with Crippen LogP contribution in [0, 0.1) is 5.92 Å². The molecule has 8 heteroatoms. The fourth-order valence-corrected chi connectivity index (χ4v) is 6.06. The molecule has 1 saturated carbocycles. The van der Waals surface area contributed by atoms with Crippen molar-refractivity contribution in [3.63, 3.8) is 0 Å². The van der Waals surface area contributed by atoms with E-state index in [0.717, 1.165) is 10.0 Å². The molecule has 1 aliphatic heterocycles. The molecule has 2 heterocycles. The van der Waals surface area contributed by atoms with Crippen LogP contribution in [-0.2, 0) is 11.2 Å². The summed E-state index contributed by atoms with van der Waals surface area (Å²) in [5.41, 5.74) is -1.26. The molecular weight excluding hydrogens is 503 g/mol. The SMILES string of the molecule is COc1cncc2c1C1(O)C(O)C(CNCCF)C(c3ccccc3)C1(c1ccc(Br)cc1)O2. The molecule has 0 saturated heterocycles. The van der Waals surface area contributed by atoms with Crippen molar-refractivity contribution in [2.24, 2.45) is 5.92 Å². The van der Waals surface area contributed by atoms with Crippen LogP contribution in [0.5, 0.6) is 11.5 Å².